The Morgan fingerprint density at radius 2 is 2.29 bits per heavy atom. The highest BCUT2D eigenvalue weighted by atomic mass is 16.5. The number of amides is 1. The first-order valence-electron chi connectivity index (χ1n) is 7.31. The summed E-state index contributed by atoms with van der Waals surface area (Å²) in [6.07, 6.45) is 3.53. The van der Waals surface area contributed by atoms with E-state index in [4.69, 9.17) is 4.74 Å². The minimum Gasteiger partial charge on any atom is -0.493 e. The number of para-hydroxylation sites is 1. The number of carbonyl (C=O) groups is 1. The fourth-order valence-electron chi connectivity index (χ4n) is 2.69. The van der Waals surface area contributed by atoms with Crippen LogP contribution in [0.5, 0.6) is 5.75 Å². The van der Waals surface area contributed by atoms with Crippen molar-refractivity contribution in [3.05, 3.63) is 47.8 Å². The number of hydrogen-bond acceptors (Lipinski definition) is 3. The summed E-state index contributed by atoms with van der Waals surface area (Å²) in [5.41, 5.74) is 1.77. The van der Waals surface area contributed by atoms with Gasteiger partial charge < -0.3 is 10.1 Å². The van der Waals surface area contributed by atoms with Crippen LogP contribution in [0.1, 0.15) is 29.4 Å². The van der Waals surface area contributed by atoms with Crippen molar-refractivity contribution in [1.29, 1.82) is 0 Å². The Balaban J connectivity index is 1.70. The zero-order valence-electron chi connectivity index (χ0n) is 12.1. The minimum atomic E-state index is -0.0722. The van der Waals surface area contributed by atoms with Gasteiger partial charge in [-0.15, -0.1) is 0 Å². The monoisotopic (exact) mass is 285 g/mol. The highest BCUT2D eigenvalue weighted by Crippen LogP contribution is 2.19. The van der Waals surface area contributed by atoms with Crippen LogP contribution < -0.4 is 10.1 Å². The number of nitrogens with one attached hydrogen (secondary N) is 1. The van der Waals surface area contributed by atoms with E-state index in [-0.39, 0.29) is 11.9 Å². The number of fused-ring (bicyclic) bond motifs is 1. The number of aryl methyl sites for hydroxylation is 1. The van der Waals surface area contributed by atoms with Crippen LogP contribution in [0.2, 0.25) is 0 Å². The number of nitrogens with zero attached hydrogens (tertiary/aromatic N) is 2. The molecule has 1 aliphatic heterocycles. The van der Waals surface area contributed by atoms with Crippen LogP contribution in [0.4, 0.5) is 0 Å². The molecular weight excluding hydrogens is 266 g/mol. The van der Waals surface area contributed by atoms with Gasteiger partial charge in [-0.1, -0.05) is 12.1 Å². The van der Waals surface area contributed by atoms with Crippen molar-refractivity contribution in [2.45, 2.75) is 32.4 Å². The molecule has 2 aromatic rings. The summed E-state index contributed by atoms with van der Waals surface area (Å²) in [6, 6.07) is 9.51. The van der Waals surface area contributed by atoms with E-state index in [9.17, 15) is 4.79 Å². The van der Waals surface area contributed by atoms with Gasteiger partial charge in [0.05, 0.1) is 12.2 Å². The Kier molecular flexibility index (Phi) is 3.90. The van der Waals surface area contributed by atoms with Crippen LogP contribution in [0.15, 0.2) is 36.5 Å². The van der Waals surface area contributed by atoms with Gasteiger partial charge in [0.2, 0.25) is 0 Å². The third kappa shape index (κ3) is 2.91. The number of hydrogen-bond donors (Lipinski definition) is 1. The quantitative estimate of drug-likeness (QED) is 0.935. The summed E-state index contributed by atoms with van der Waals surface area (Å²) in [4.78, 5) is 12.4. The molecule has 0 spiro atoms. The van der Waals surface area contributed by atoms with Crippen LogP contribution in [-0.4, -0.2) is 28.3 Å². The Labute approximate surface area is 123 Å². The fourth-order valence-corrected chi connectivity index (χ4v) is 2.69. The van der Waals surface area contributed by atoms with Crippen LogP contribution in [0.25, 0.3) is 0 Å². The van der Waals surface area contributed by atoms with E-state index < -0.39 is 0 Å². The summed E-state index contributed by atoms with van der Waals surface area (Å²) >= 11 is 0. The molecule has 0 saturated heterocycles. The topological polar surface area (TPSA) is 56.1 Å². The maximum atomic E-state index is 12.4. The molecule has 1 atom stereocenters. The lowest BCUT2D eigenvalue weighted by atomic mass is 10.0. The van der Waals surface area contributed by atoms with E-state index >= 15 is 0 Å². The van der Waals surface area contributed by atoms with E-state index in [1.54, 1.807) is 6.07 Å². The lowest BCUT2D eigenvalue weighted by Gasteiger charge is -2.24. The number of aromatic nitrogens is 2. The molecule has 1 aromatic carbocycles. The van der Waals surface area contributed by atoms with Gasteiger partial charge in [-0.3, -0.25) is 9.48 Å². The summed E-state index contributed by atoms with van der Waals surface area (Å²) in [7, 11) is 0. The molecule has 5 nitrogen and oxygen atoms in total. The van der Waals surface area contributed by atoms with Gasteiger partial charge in [-0.2, -0.15) is 5.10 Å². The molecule has 2 heterocycles. The largest absolute Gasteiger partial charge is 0.493 e. The molecule has 1 aliphatic rings. The molecule has 110 valence electrons. The van der Waals surface area contributed by atoms with Crippen molar-refractivity contribution >= 4 is 5.91 Å². The fraction of sp³-hybridized carbons (Fsp3) is 0.375. The maximum Gasteiger partial charge on any atom is 0.255 e. The summed E-state index contributed by atoms with van der Waals surface area (Å²) in [5, 5.41) is 7.36. The Hall–Kier alpha value is -2.30. The third-order valence-electron chi connectivity index (χ3n) is 3.72. The van der Waals surface area contributed by atoms with Gasteiger partial charge in [0.1, 0.15) is 5.75 Å². The number of benzene rings is 1. The van der Waals surface area contributed by atoms with Crippen LogP contribution in [-0.2, 0) is 13.0 Å². The van der Waals surface area contributed by atoms with Gasteiger partial charge in [0.25, 0.3) is 5.91 Å². The molecule has 0 unspecified atom stereocenters. The summed E-state index contributed by atoms with van der Waals surface area (Å²) in [6.45, 7) is 3.31. The SMILES string of the molecule is CCOc1ccccc1C(=O)N[C@@H]1CCn2nccc2C1. The van der Waals surface area contributed by atoms with E-state index in [0.29, 0.717) is 17.9 Å². The standard InChI is InChI=1S/C16H19N3O2/c1-2-21-15-6-4-3-5-14(15)16(20)18-12-8-10-19-13(11-12)7-9-17-19/h3-7,9,12H,2,8,10-11H2,1H3,(H,18,20)/t12-/m1/s1. The first-order chi connectivity index (χ1) is 10.3. The molecule has 0 saturated carbocycles. The van der Waals surface area contributed by atoms with Crippen molar-refractivity contribution < 1.29 is 9.53 Å². The minimum absolute atomic E-state index is 0.0722. The average molecular weight is 285 g/mol. The smallest absolute Gasteiger partial charge is 0.255 e. The molecule has 3 rings (SSSR count). The number of ether oxygens (including phenoxy) is 1. The van der Waals surface area contributed by atoms with Crippen LogP contribution >= 0.6 is 0 Å². The molecule has 0 aliphatic carbocycles. The molecule has 0 fully saturated rings. The van der Waals surface area contributed by atoms with Gasteiger partial charge >= 0.3 is 0 Å². The second kappa shape index (κ2) is 5.99. The molecule has 1 aromatic heterocycles. The molecule has 21 heavy (non-hydrogen) atoms. The molecule has 0 radical (unpaired) electrons. The van der Waals surface area contributed by atoms with E-state index in [1.165, 1.54) is 5.69 Å². The van der Waals surface area contributed by atoms with Crippen LogP contribution in [0, 0.1) is 0 Å². The normalized spacial score (nSPS) is 17.1. The lowest BCUT2D eigenvalue weighted by Crippen LogP contribution is -2.40. The van der Waals surface area contributed by atoms with Crippen molar-refractivity contribution in [1.82, 2.24) is 15.1 Å². The lowest BCUT2D eigenvalue weighted by molar-refractivity contribution is 0.0926. The van der Waals surface area contributed by atoms with Crippen molar-refractivity contribution in [3.8, 4) is 5.75 Å². The zero-order valence-corrected chi connectivity index (χ0v) is 12.1. The van der Waals surface area contributed by atoms with Crippen molar-refractivity contribution in [3.63, 3.8) is 0 Å². The predicted molar refractivity (Wildman–Crippen MR) is 79.4 cm³/mol. The average Bonchev–Trinajstić information content (AvgIpc) is 2.95. The first kappa shape index (κ1) is 13.7. The van der Waals surface area contributed by atoms with Crippen molar-refractivity contribution in [2.75, 3.05) is 6.61 Å². The highest BCUT2D eigenvalue weighted by Gasteiger charge is 2.22. The molecule has 0 bridgehead atoms. The van der Waals surface area contributed by atoms with Gasteiger partial charge in [-0.25, -0.2) is 0 Å². The van der Waals surface area contributed by atoms with Crippen LogP contribution in [0.3, 0.4) is 0 Å². The van der Waals surface area contributed by atoms with Crippen molar-refractivity contribution in [2.24, 2.45) is 0 Å². The second-order valence-electron chi connectivity index (χ2n) is 5.14. The van der Waals surface area contributed by atoms with Gasteiger partial charge in [-0.05, 0) is 31.5 Å². The summed E-state index contributed by atoms with van der Waals surface area (Å²) < 4.78 is 7.51. The van der Waals surface area contributed by atoms with E-state index in [1.807, 2.05) is 42.1 Å². The third-order valence-corrected chi connectivity index (χ3v) is 3.72. The van der Waals surface area contributed by atoms with E-state index in [0.717, 1.165) is 19.4 Å². The Bertz CT molecular complexity index is 636. The number of rotatable bonds is 4. The second-order valence-corrected chi connectivity index (χ2v) is 5.14. The van der Waals surface area contributed by atoms with Gasteiger partial charge in [0, 0.05) is 30.9 Å². The molecule has 1 N–H and O–H groups in total. The Morgan fingerprint density at radius 3 is 3.14 bits per heavy atom. The highest BCUT2D eigenvalue weighted by molar-refractivity contribution is 5.97. The number of carbonyl (C=O) groups excluding carboxylic acids is 1. The summed E-state index contributed by atoms with van der Waals surface area (Å²) in [5.74, 6) is 0.565. The zero-order chi connectivity index (χ0) is 14.7. The maximum absolute atomic E-state index is 12.4. The van der Waals surface area contributed by atoms with E-state index in [2.05, 4.69) is 10.4 Å². The first-order valence-corrected chi connectivity index (χ1v) is 7.31. The predicted octanol–water partition coefficient (Wildman–Crippen LogP) is 2.03. The molecule has 1 amide bonds. The van der Waals surface area contributed by atoms with Gasteiger partial charge in [0.15, 0.2) is 0 Å². The molecular formula is C16H19N3O2. The molecule has 5 heteroatoms. The Morgan fingerprint density at radius 1 is 1.43 bits per heavy atom.